The fraction of sp³-hybridized carbons (Fsp3) is 0.0769. The van der Waals surface area contributed by atoms with E-state index in [0.29, 0.717) is 0 Å². The minimum absolute atomic E-state index is 0.885. The summed E-state index contributed by atoms with van der Waals surface area (Å²) in [6, 6.07) is 17.0. The van der Waals surface area contributed by atoms with Crippen molar-refractivity contribution >= 4 is 15.9 Å². The predicted molar refractivity (Wildman–Crippen MR) is 65.0 cm³/mol. The number of benzene rings is 2. The molecule has 0 amide bonds. The summed E-state index contributed by atoms with van der Waals surface area (Å²) in [6.07, 6.45) is 0. The number of rotatable bonds is 2. The first-order valence-corrected chi connectivity index (χ1v) is 5.41. The highest BCUT2D eigenvalue weighted by Gasteiger charge is 2.04. The number of methoxy groups -OCH3 is 1. The van der Waals surface area contributed by atoms with Crippen molar-refractivity contribution in [3.05, 3.63) is 53.0 Å². The first-order valence-electron chi connectivity index (χ1n) is 4.62. The molecule has 0 unspecified atom stereocenters. The van der Waals surface area contributed by atoms with Gasteiger partial charge in [0.15, 0.2) is 0 Å². The Morgan fingerprint density at radius 2 is 2.00 bits per heavy atom. The summed E-state index contributed by atoms with van der Waals surface area (Å²) in [6.45, 7) is 0. The van der Waals surface area contributed by atoms with E-state index in [1.807, 2.05) is 42.5 Å². The molecule has 0 fully saturated rings. The van der Waals surface area contributed by atoms with Gasteiger partial charge in [0.25, 0.3) is 0 Å². The lowest BCUT2D eigenvalue weighted by molar-refractivity contribution is 0.416. The number of hydrogen-bond acceptors (Lipinski definition) is 1. The largest absolute Gasteiger partial charge is 0.496 e. The zero-order valence-corrected chi connectivity index (χ0v) is 9.91. The molecule has 2 heteroatoms. The van der Waals surface area contributed by atoms with Crippen molar-refractivity contribution in [2.75, 3.05) is 7.11 Å². The van der Waals surface area contributed by atoms with Crippen molar-refractivity contribution in [3.8, 4) is 16.9 Å². The molecule has 2 aromatic carbocycles. The second-order valence-corrected chi connectivity index (χ2v) is 3.98. The van der Waals surface area contributed by atoms with Crippen LogP contribution in [0, 0.1) is 6.07 Å². The van der Waals surface area contributed by atoms with Gasteiger partial charge in [0.2, 0.25) is 0 Å². The summed E-state index contributed by atoms with van der Waals surface area (Å²) in [4.78, 5) is 0. The van der Waals surface area contributed by atoms with E-state index in [2.05, 4.69) is 22.0 Å². The van der Waals surface area contributed by atoms with Crippen molar-refractivity contribution in [2.45, 2.75) is 0 Å². The molecule has 0 heterocycles. The smallest absolute Gasteiger partial charge is 0.126 e. The van der Waals surface area contributed by atoms with Gasteiger partial charge in [-0.25, -0.2) is 0 Å². The highest BCUT2D eigenvalue weighted by molar-refractivity contribution is 9.10. The average molecular weight is 262 g/mol. The zero-order valence-electron chi connectivity index (χ0n) is 8.33. The van der Waals surface area contributed by atoms with Gasteiger partial charge in [-0.05, 0) is 23.8 Å². The minimum atomic E-state index is 0.885. The SMILES string of the molecule is COc1ccccc1-c1cc[c]c(Br)c1. The molecule has 2 aromatic rings. The van der Waals surface area contributed by atoms with Crippen LogP contribution in [-0.4, -0.2) is 7.11 Å². The fourth-order valence-corrected chi connectivity index (χ4v) is 1.87. The molecule has 15 heavy (non-hydrogen) atoms. The van der Waals surface area contributed by atoms with Crippen molar-refractivity contribution in [1.29, 1.82) is 0 Å². The summed E-state index contributed by atoms with van der Waals surface area (Å²) >= 11 is 3.41. The molecule has 0 aliphatic heterocycles. The molecular weight excluding hydrogens is 252 g/mol. The van der Waals surface area contributed by atoms with Crippen LogP contribution in [0.5, 0.6) is 5.75 Å². The van der Waals surface area contributed by atoms with Gasteiger partial charge >= 0.3 is 0 Å². The third-order valence-electron chi connectivity index (χ3n) is 2.18. The second kappa shape index (κ2) is 4.49. The number of para-hydroxylation sites is 1. The van der Waals surface area contributed by atoms with Crippen LogP contribution in [0.4, 0.5) is 0 Å². The third-order valence-corrected chi connectivity index (χ3v) is 2.64. The molecule has 0 bridgehead atoms. The Bertz CT molecular complexity index is 466. The molecule has 0 saturated heterocycles. The van der Waals surface area contributed by atoms with E-state index in [4.69, 9.17) is 4.74 Å². The monoisotopic (exact) mass is 261 g/mol. The molecule has 0 N–H and O–H groups in total. The molecule has 0 atom stereocenters. The molecule has 0 aromatic heterocycles. The lowest BCUT2D eigenvalue weighted by Gasteiger charge is -2.08. The highest BCUT2D eigenvalue weighted by Crippen LogP contribution is 2.30. The van der Waals surface area contributed by atoms with E-state index in [-0.39, 0.29) is 0 Å². The average Bonchev–Trinajstić information content (AvgIpc) is 2.29. The summed E-state index contributed by atoms with van der Waals surface area (Å²) in [7, 11) is 1.68. The van der Waals surface area contributed by atoms with Crippen molar-refractivity contribution < 1.29 is 4.74 Å². The lowest BCUT2D eigenvalue weighted by Crippen LogP contribution is -1.86. The summed E-state index contributed by atoms with van der Waals surface area (Å²) in [5, 5.41) is 0. The van der Waals surface area contributed by atoms with E-state index in [1.165, 1.54) is 0 Å². The van der Waals surface area contributed by atoms with E-state index >= 15 is 0 Å². The fourth-order valence-electron chi connectivity index (χ4n) is 1.49. The number of ether oxygens (including phenoxy) is 1. The Balaban J connectivity index is 2.53. The van der Waals surface area contributed by atoms with E-state index < -0.39 is 0 Å². The molecule has 0 aliphatic rings. The topological polar surface area (TPSA) is 9.23 Å². The van der Waals surface area contributed by atoms with Gasteiger partial charge in [-0.15, -0.1) is 0 Å². The quantitative estimate of drug-likeness (QED) is 0.796. The van der Waals surface area contributed by atoms with Gasteiger partial charge in [0.05, 0.1) is 7.11 Å². The zero-order chi connectivity index (χ0) is 10.7. The molecular formula is C13H10BrO. The number of halogens is 1. The Hall–Kier alpha value is -1.28. The van der Waals surface area contributed by atoms with E-state index in [1.54, 1.807) is 7.11 Å². The maximum Gasteiger partial charge on any atom is 0.126 e. The standard InChI is InChI=1S/C13H10BrO/c1-15-13-8-3-2-7-12(13)10-5-4-6-11(14)9-10/h2-5,7-9H,1H3. The van der Waals surface area contributed by atoms with Crippen LogP contribution in [0.25, 0.3) is 11.1 Å². The molecule has 75 valence electrons. The summed E-state index contributed by atoms with van der Waals surface area (Å²) < 4.78 is 6.26. The van der Waals surface area contributed by atoms with Crippen molar-refractivity contribution in [2.24, 2.45) is 0 Å². The van der Waals surface area contributed by atoms with Gasteiger partial charge in [-0.2, -0.15) is 0 Å². The first kappa shape index (κ1) is 10.2. The van der Waals surface area contributed by atoms with Crippen LogP contribution in [0.2, 0.25) is 0 Å². The lowest BCUT2D eigenvalue weighted by atomic mass is 10.1. The maximum absolute atomic E-state index is 5.31. The molecule has 0 saturated carbocycles. The highest BCUT2D eigenvalue weighted by atomic mass is 79.9. The molecule has 0 spiro atoms. The Morgan fingerprint density at radius 3 is 2.73 bits per heavy atom. The first-order chi connectivity index (χ1) is 7.31. The second-order valence-electron chi connectivity index (χ2n) is 3.13. The Kier molecular flexibility index (Phi) is 3.07. The van der Waals surface area contributed by atoms with Crippen LogP contribution in [0.15, 0.2) is 46.9 Å². The van der Waals surface area contributed by atoms with Crippen LogP contribution >= 0.6 is 15.9 Å². The van der Waals surface area contributed by atoms with E-state index in [9.17, 15) is 0 Å². The van der Waals surface area contributed by atoms with Gasteiger partial charge in [0.1, 0.15) is 5.75 Å². The van der Waals surface area contributed by atoms with Gasteiger partial charge in [0, 0.05) is 10.0 Å². The summed E-state index contributed by atoms with van der Waals surface area (Å²) in [5.74, 6) is 0.885. The van der Waals surface area contributed by atoms with Crippen molar-refractivity contribution in [1.82, 2.24) is 0 Å². The predicted octanol–water partition coefficient (Wildman–Crippen LogP) is 3.92. The van der Waals surface area contributed by atoms with Crippen molar-refractivity contribution in [3.63, 3.8) is 0 Å². The maximum atomic E-state index is 5.31. The van der Waals surface area contributed by atoms with Crippen LogP contribution < -0.4 is 4.74 Å². The Labute approximate surface area is 97.8 Å². The molecule has 0 aliphatic carbocycles. The summed E-state index contributed by atoms with van der Waals surface area (Å²) in [5.41, 5.74) is 2.22. The molecule has 2 rings (SSSR count). The van der Waals surface area contributed by atoms with Crippen LogP contribution in [0.1, 0.15) is 0 Å². The Morgan fingerprint density at radius 1 is 1.20 bits per heavy atom. The van der Waals surface area contributed by atoms with Crippen LogP contribution in [0.3, 0.4) is 0 Å². The molecule has 1 nitrogen and oxygen atoms in total. The van der Waals surface area contributed by atoms with E-state index in [0.717, 1.165) is 21.3 Å². The van der Waals surface area contributed by atoms with Crippen LogP contribution in [-0.2, 0) is 0 Å². The minimum Gasteiger partial charge on any atom is -0.496 e. The third kappa shape index (κ3) is 2.21. The van der Waals surface area contributed by atoms with Gasteiger partial charge in [-0.3, -0.25) is 0 Å². The van der Waals surface area contributed by atoms with Gasteiger partial charge < -0.3 is 4.74 Å². The number of hydrogen-bond donors (Lipinski definition) is 0. The van der Waals surface area contributed by atoms with Gasteiger partial charge in [-0.1, -0.05) is 46.3 Å². The molecule has 1 radical (unpaired) electrons. The normalized spacial score (nSPS) is 10.0.